The number of carboxylic acids is 1. The van der Waals surface area contributed by atoms with E-state index in [0.717, 1.165) is 5.56 Å². The normalized spacial score (nSPS) is 11.8. The summed E-state index contributed by atoms with van der Waals surface area (Å²) in [5.74, 6) is -0.363. The number of hydrogen-bond acceptors (Lipinski definition) is 3. The third kappa shape index (κ3) is 5.40. The molecular formula is C12H15NO3S. The van der Waals surface area contributed by atoms with E-state index in [1.54, 1.807) is 0 Å². The van der Waals surface area contributed by atoms with Crippen molar-refractivity contribution >= 4 is 23.6 Å². The molecule has 4 nitrogen and oxygen atoms in total. The lowest BCUT2D eigenvalue weighted by molar-refractivity contribution is -0.133. The van der Waals surface area contributed by atoms with Crippen LogP contribution in [0.3, 0.4) is 0 Å². The first kappa shape index (κ1) is 13.6. The van der Waals surface area contributed by atoms with Gasteiger partial charge in [-0.3, -0.25) is 9.59 Å². The number of rotatable bonds is 6. The highest BCUT2D eigenvalue weighted by Crippen LogP contribution is 2.18. The number of carbonyl (C=O) groups is 2. The van der Waals surface area contributed by atoms with E-state index in [2.05, 4.69) is 5.32 Å². The molecule has 0 bridgehead atoms. The van der Waals surface area contributed by atoms with E-state index in [-0.39, 0.29) is 17.7 Å². The Morgan fingerprint density at radius 1 is 1.35 bits per heavy atom. The van der Waals surface area contributed by atoms with Crippen LogP contribution in [0.25, 0.3) is 0 Å². The molecule has 0 aromatic heterocycles. The highest BCUT2D eigenvalue weighted by atomic mass is 32.2. The Balaban J connectivity index is 2.61. The van der Waals surface area contributed by atoms with Crippen LogP contribution in [0.4, 0.5) is 0 Å². The van der Waals surface area contributed by atoms with E-state index in [0.29, 0.717) is 5.75 Å². The molecule has 0 aliphatic carbocycles. The van der Waals surface area contributed by atoms with Crippen LogP contribution in [0.1, 0.15) is 18.5 Å². The molecule has 1 amide bonds. The van der Waals surface area contributed by atoms with Gasteiger partial charge in [0.1, 0.15) is 0 Å². The van der Waals surface area contributed by atoms with Crippen molar-refractivity contribution in [3.05, 3.63) is 35.9 Å². The van der Waals surface area contributed by atoms with Gasteiger partial charge in [0.05, 0.1) is 11.8 Å². The lowest BCUT2D eigenvalue weighted by Crippen LogP contribution is -2.28. The van der Waals surface area contributed by atoms with Crippen LogP contribution in [-0.4, -0.2) is 28.5 Å². The van der Waals surface area contributed by atoms with Crippen molar-refractivity contribution in [2.45, 2.75) is 13.0 Å². The van der Waals surface area contributed by atoms with Crippen molar-refractivity contribution < 1.29 is 14.7 Å². The van der Waals surface area contributed by atoms with Crippen LogP contribution < -0.4 is 5.32 Å². The maximum absolute atomic E-state index is 11.1. The lowest BCUT2D eigenvalue weighted by atomic mass is 10.1. The van der Waals surface area contributed by atoms with Gasteiger partial charge in [0.15, 0.2) is 0 Å². The molecule has 2 N–H and O–H groups in total. The molecule has 0 saturated heterocycles. The summed E-state index contributed by atoms with van der Waals surface area (Å²) in [7, 11) is 0. The molecule has 0 fully saturated rings. The Morgan fingerprint density at radius 3 is 2.53 bits per heavy atom. The van der Waals surface area contributed by atoms with Gasteiger partial charge in [0.25, 0.3) is 0 Å². The second kappa shape index (κ2) is 6.96. The molecule has 1 aromatic rings. The Bertz CT molecular complexity index is 381. The quantitative estimate of drug-likeness (QED) is 0.809. The maximum Gasteiger partial charge on any atom is 0.313 e. The molecule has 0 aliphatic heterocycles. The SMILES string of the molecule is CC(=O)N[C@@H](CSCC(=O)O)c1ccccc1. The summed E-state index contributed by atoms with van der Waals surface area (Å²) in [5.41, 5.74) is 0.987. The summed E-state index contributed by atoms with van der Waals surface area (Å²) in [4.78, 5) is 21.5. The summed E-state index contributed by atoms with van der Waals surface area (Å²) in [6, 6.07) is 9.39. The minimum absolute atomic E-state index is 0.0446. The van der Waals surface area contributed by atoms with Gasteiger partial charge in [-0.05, 0) is 5.56 Å². The summed E-state index contributed by atoms with van der Waals surface area (Å²) < 4.78 is 0. The minimum Gasteiger partial charge on any atom is -0.481 e. The zero-order chi connectivity index (χ0) is 12.7. The fraction of sp³-hybridized carbons (Fsp3) is 0.333. The second-order valence-electron chi connectivity index (χ2n) is 3.57. The van der Waals surface area contributed by atoms with Crippen LogP contribution in [0.5, 0.6) is 0 Å². The van der Waals surface area contributed by atoms with Gasteiger partial charge >= 0.3 is 5.97 Å². The number of benzene rings is 1. The number of aliphatic carboxylic acids is 1. The molecular weight excluding hydrogens is 238 g/mol. The summed E-state index contributed by atoms with van der Waals surface area (Å²) in [6.07, 6.45) is 0. The van der Waals surface area contributed by atoms with Gasteiger partial charge in [-0.25, -0.2) is 0 Å². The first-order valence-corrected chi connectivity index (χ1v) is 6.36. The first-order valence-electron chi connectivity index (χ1n) is 5.21. The van der Waals surface area contributed by atoms with Crippen LogP contribution in [0.2, 0.25) is 0 Å². The fourth-order valence-electron chi connectivity index (χ4n) is 1.42. The minimum atomic E-state index is -0.843. The highest BCUT2D eigenvalue weighted by Gasteiger charge is 2.12. The number of amides is 1. The monoisotopic (exact) mass is 253 g/mol. The van der Waals surface area contributed by atoms with Crippen molar-refractivity contribution in [3.8, 4) is 0 Å². The molecule has 1 rings (SSSR count). The Kier molecular flexibility index (Phi) is 5.56. The van der Waals surface area contributed by atoms with Crippen molar-refractivity contribution in [2.24, 2.45) is 0 Å². The van der Waals surface area contributed by atoms with E-state index in [1.807, 2.05) is 30.3 Å². The molecule has 1 aromatic carbocycles. The number of nitrogens with one attached hydrogen (secondary N) is 1. The van der Waals surface area contributed by atoms with Crippen molar-refractivity contribution in [2.75, 3.05) is 11.5 Å². The predicted octanol–water partition coefficient (Wildman–Crippen LogP) is 1.68. The smallest absolute Gasteiger partial charge is 0.313 e. The summed E-state index contributed by atoms with van der Waals surface area (Å²) in [5, 5.41) is 11.4. The van der Waals surface area contributed by atoms with E-state index in [4.69, 9.17) is 5.11 Å². The molecule has 92 valence electrons. The number of hydrogen-bond donors (Lipinski definition) is 2. The Labute approximate surface area is 104 Å². The average Bonchev–Trinajstić information content (AvgIpc) is 2.28. The molecule has 0 aliphatic rings. The van der Waals surface area contributed by atoms with Crippen LogP contribution >= 0.6 is 11.8 Å². The molecule has 1 atom stereocenters. The number of carbonyl (C=O) groups excluding carboxylic acids is 1. The number of thioether (sulfide) groups is 1. The molecule has 0 unspecified atom stereocenters. The van der Waals surface area contributed by atoms with Gasteiger partial charge in [0.2, 0.25) is 5.91 Å². The Morgan fingerprint density at radius 2 is 2.00 bits per heavy atom. The molecule has 0 saturated carbocycles. The maximum atomic E-state index is 11.1. The van der Waals surface area contributed by atoms with E-state index in [1.165, 1.54) is 18.7 Å². The molecule has 0 radical (unpaired) electrons. The molecule has 0 spiro atoms. The standard InChI is InChI=1S/C12H15NO3S/c1-9(14)13-11(7-17-8-12(15)16)10-5-3-2-4-6-10/h2-6,11H,7-8H2,1H3,(H,13,14)(H,15,16)/t11-/m0/s1. The Hall–Kier alpha value is -1.49. The molecule has 5 heteroatoms. The van der Waals surface area contributed by atoms with Gasteiger partial charge < -0.3 is 10.4 Å². The third-order valence-corrected chi connectivity index (χ3v) is 3.11. The summed E-state index contributed by atoms with van der Waals surface area (Å²) >= 11 is 1.29. The highest BCUT2D eigenvalue weighted by molar-refractivity contribution is 7.99. The van der Waals surface area contributed by atoms with Gasteiger partial charge in [-0.2, -0.15) is 0 Å². The van der Waals surface area contributed by atoms with Gasteiger partial charge in [-0.1, -0.05) is 30.3 Å². The average molecular weight is 253 g/mol. The van der Waals surface area contributed by atoms with Crippen LogP contribution in [-0.2, 0) is 9.59 Å². The van der Waals surface area contributed by atoms with E-state index in [9.17, 15) is 9.59 Å². The molecule has 0 heterocycles. The van der Waals surface area contributed by atoms with E-state index >= 15 is 0 Å². The fourth-order valence-corrected chi connectivity index (χ4v) is 2.22. The second-order valence-corrected chi connectivity index (χ2v) is 4.60. The van der Waals surface area contributed by atoms with Crippen molar-refractivity contribution in [1.29, 1.82) is 0 Å². The van der Waals surface area contributed by atoms with Crippen molar-refractivity contribution in [1.82, 2.24) is 5.32 Å². The van der Waals surface area contributed by atoms with Gasteiger partial charge in [0, 0.05) is 12.7 Å². The first-order chi connectivity index (χ1) is 8.09. The summed E-state index contributed by atoms with van der Waals surface area (Å²) in [6.45, 7) is 1.46. The lowest BCUT2D eigenvalue weighted by Gasteiger charge is -2.17. The van der Waals surface area contributed by atoms with Crippen molar-refractivity contribution in [3.63, 3.8) is 0 Å². The zero-order valence-electron chi connectivity index (χ0n) is 9.55. The van der Waals surface area contributed by atoms with Crippen LogP contribution in [0, 0.1) is 0 Å². The van der Waals surface area contributed by atoms with Gasteiger partial charge in [-0.15, -0.1) is 11.8 Å². The number of carboxylic acid groups (broad SMARTS) is 1. The topological polar surface area (TPSA) is 66.4 Å². The van der Waals surface area contributed by atoms with Crippen LogP contribution in [0.15, 0.2) is 30.3 Å². The van der Waals surface area contributed by atoms with E-state index < -0.39 is 5.97 Å². The largest absolute Gasteiger partial charge is 0.481 e. The molecule has 17 heavy (non-hydrogen) atoms. The third-order valence-electron chi connectivity index (χ3n) is 2.09. The zero-order valence-corrected chi connectivity index (χ0v) is 10.4. The predicted molar refractivity (Wildman–Crippen MR) is 68.0 cm³/mol.